The van der Waals surface area contributed by atoms with Gasteiger partial charge in [-0.25, -0.2) is 4.99 Å². The third-order valence-corrected chi connectivity index (χ3v) is 3.90. The predicted molar refractivity (Wildman–Crippen MR) is 94.1 cm³/mol. The lowest BCUT2D eigenvalue weighted by Crippen LogP contribution is -2.38. The lowest BCUT2D eigenvalue weighted by atomic mass is 10.1. The number of hydrogen-bond acceptors (Lipinski definition) is 3. The van der Waals surface area contributed by atoms with Gasteiger partial charge < -0.3 is 20.1 Å². The second-order valence-corrected chi connectivity index (χ2v) is 6.03. The Morgan fingerprint density at radius 3 is 2.65 bits per heavy atom. The van der Waals surface area contributed by atoms with Crippen LogP contribution >= 0.6 is 0 Å². The first-order valence-corrected chi connectivity index (χ1v) is 8.86. The fraction of sp³-hybridized carbons (Fsp3) is 0.611. The smallest absolute Gasteiger partial charge is 0.379 e. The van der Waals surface area contributed by atoms with Crippen molar-refractivity contribution >= 4 is 5.96 Å². The van der Waals surface area contributed by atoms with Gasteiger partial charge in [0.05, 0.1) is 24.8 Å². The fourth-order valence-corrected chi connectivity index (χ4v) is 2.48. The van der Waals surface area contributed by atoms with E-state index >= 15 is 0 Å². The maximum Gasteiger partial charge on any atom is 0.416 e. The number of nitrogens with one attached hydrogen (secondary N) is 2. The summed E-state index contributed by atoms with van der Waals surface area (Å²) in [6.45, 7) is 5.76. The number of alkyl halides is 3. The van der Waals surface area contributed by atoms with Gasteiger partial charge in [0.1, 0.15) is 0 Å². The summed E-state index contributed by atoms with van der Waals surface area (Å²) < 4.78 is 48.7. The van der Waals surface area contributed by atoms with E-state index in [-0.39, 0.29) is 6.10 Å². The Hall–Kier alpha value is -1.80. The molecule has 0 radical (unpaired) electrons. The Morgan fingerprint density at radius 1 is 1.27 bits per heavy atom. The van der Waals surface area contributed by atoms with Crippen LogP contribution in [0.4, 0.5) is 13.2 Å². The zero-order valence-electron chi connectivity index (χ0n) is 14.9. The van der Waals surface area contributed by atoms with Gasteiger partial charge in [-0.15, -0.1) is 0 Å². The number of guanidine groups is 1. The molecular formula is C18H26F3N3O2. The molecule has 1 aromatic carbocycles. The van der Waals surface area contributed by atoms with E-state index in [0.717, 1.165) is 37.1 Å². The van der Waals surface area contributed by atoms with E-state index in [4.69, 9.17) is 9.47 Å². The van der Waals surface area contributed by atoms with Gasteiger partial charge in [0, 0.05) is 26.3 Å². The number of ether oxygens (including phenoxy) is 2. The summed E-state index contributed by atoms with van der Waals surface area (Å²) in [5.41, 5.74) is 0.0719. The summed E-state index contributed by atoms with van der Waals surface area (Å²) in [6.07, 6.45) is -2.33. The lowest BCUT2D eigenvalue weighted by molar-refractivity contribution is -0.137. The van der Waals surface area contributed by atoms with Crippen molar-refractivity contribution in [3.8, 4) is 0 Å². The molecule has 1 aliphatic rings. The zero-order chi connectivity index (χ0) is 18.8. The molecule has 146 valence electrons. The van der Waals surface area contributed by atoms with E-state index in [1.165, 1.54) is 12.1 Å². The van der Waals surface area contributed by atoms with E-state index in [2.05, 4.69) is 15.6 Å². The van der Waals surface area contributed by atoms with Crippen molar-refractivity contribution in [1.29, 1.82) is 0 Å². The van der Waals surface area contributed by atoms with Crippen LogP contribution in [-0.2, 0) is 22.2 Å². The highest BCUT2D eigenvalue weighted by Crippen LogP contribution is 2.29. The molecule has 0 bridgehead atoms. The van der Waals surface area contributed by atoms with Crippen molar-refractivity contribution in [2.24, 2.45) is 4.99 Å². The number of halogens is 3. The second kappa shape index (κ2) is 10.4. The molecule has 0 spiro atoms. The highest BCUT2D eigenvalue weighted by atomic mass is 19.4. The predicted octanol–water partition coefficient (Wildman–Crippen LogP) is 2.96. The molecule has 1 unspecified atom stereocenters. The summed E-state index contributed by atoms with van der Waals surface area (Å²) in [6, 6.07) is 5.06. The minimum Gasteiger partial charge on any atom is -0.379 e. The number of benzene rings is 1. The molecule has 0 aromatic heterocycles. The Labute approximate surface area is 152 Å². The molecular weight excluding hydrogens is 347 g/mol. The Morgan fingerprint density at radius 2 is 2.04 bits per heavy atom. The summed E-state index contributed by atoms with van der Waals surface area (Å²) in [4.78, 5) is 4.40. The third-order valence-electron chi connectivity index (χ3n) is 3.90. The van der Waals surface area contributed by atoms with Crippen molar-refractivity contribution in [1.82, 2.24) is 10.6 Å². The monoisotopic (exact) mass is 373 g/mol. The maximum absolute atomic E-state index is 12.6. The van der Waals surface area contributed by atoms with Crippen molar-refractivity contribution < 1.29 is 22.6 Å². The van der Waals surface area contributed by atoms with E-state index in [1.54, 1.807) is 0 Å². The molecule has 0 saturated carbocycles. The van der Waals surface area contributed by atoms with Gasteiger partial charge in [-0.3, -0.25) is 0 Å². The van der Waals surface area contributed by atoms with Crippen LogP contribution in [-0.4, -0.2) is 45.0 Å². The molecule has 0 aliphatic carbocycles. The highest BCUT2D eigenvalue weighted by Gasteiger charge is 2.29. The largest absolute Gasteiger partial charge is 0.416 e. The minimum absolute atomic E-state index is 0.205. The van der Waals surface area contributed by atoms with Gasteiger partial charge in [-0.1, -0.05) is 12.1 Å². The number of aliphatic imine (C=N–C) groups is 1. The van der Waals surface area contributed by atoms with E-state index in [9.17, 15) is 13.2 Å². The van der Waals surface area contributed by atoms with Crippen molar-refractivity contribution in [2.45, 2.75) is 38.6 Å². The zero-order valence-corrected chi connectivity index (χ0v) is 14.9. The topological polar surface area (TPSA) is 54.9 Å². The van der Waals surface area contributed by atoms with Crippen LogP contribution < -0.4 is 10.6 Å². The Bertz CT molecular complexity index is 556. The average Bonchev–Trinajstić information content (AvgIpc) is 3.12. The molecule has 2 N–H and O–H groups in total. The molecule has 1 atom stereocenters. The molecule has 5 nitrogen and oxygen atoms in total. The van der Waals surface area contributed by atoms with Crippen molar-refractivity contribution in [3.63, 3.8) is 0 Å². The van der Waals surface area contributed by atoms with E-state index < -0.39 is 11.7 Å². The van der Waals surface area contributed by atoms with Crippen LogP contribution in [0.3, 0.4) is 0 Å². The quantitative estimate of drug-likeness (QED) is 0.418. The minimum atomic E-state index is -4.31. The Kier molecular flexibility index (Phi) is 8.18. The van der Waals surface area contributed by atoms with E-state index in [0.29, 0.717) is 38.8 Å². The number of rotatable bonds is 8. The number of nitrogens with zero attached hydrogens (tertiary/aromatic N) is 1. The summed E-state index contributed by atoms with van der Waals surface area (Å²) in [5.74, 6) is 0.636. The van der Waals surface area contributed by atoms with Crippen LogP contribution in [0.5, 0.6) is 0 Å². The van der Waals surface area contributed by atoms with Gasteiger partial charge in [-0.05, 0) is 37.5 Å². The molecule has 1 aromatic rings. The standard InChI is InChI=1S/C18H26F3N3O2/c1-2-22-17(23-9-3-10-26-16-8-11-25-13-16)24-12-14-4-6-15(7-5-14)18(19,20)21/h4-7,16H,2-3,8-13H2,1H3,(H2,22,23,24). The van der Waals surface area contributed by atoms with Gasteiger partial charge in [0.2, 0.25) is 0 Å². The molecule has 1 heterocycles. The van der Waals surface area contributed by atoms with Crippen LogP contribution in [0.25, 0.3) is 0 Å². The molecule has 0 amide bonds. The molecule has 1 fully saturated rings. The summed E-state index contributed by atoms with van der Waals surface area (Å²) >= 11 is 0. The first kappa shape index (κ1) is 20.5. The van der Waals surface area contributed by atoms with Crippen LogP contribution in [0.2, 0.25) is 0 Å². The molecule has 8 heteroatoms. The molecule has 1 saturated heterocycles. The molecule has 2 rings (SSSR count). The Balaban J connectivity index is 1.74. The van der Waals surface area contributed by atoms with Gasteiger partial charge >= 0.3 is 6.18 Å². The van der Waals surface area contributed by atoms with Gasteiger partial charge in [-0.2, -0.15) is 13.2 Å². The van der Waals surface area contributed by atoms with Crippen molar-refractivity contribution in [2.75, 3.05) is 32.9 Å². The molecule has 26 heavy (non-hydrogen) atoms. The van der Waals surface area contributed by atoms with Crippen molar-refractivity contribution in [3.05, 3.63) is 35.4 Å². The maximum atomic E-state index is 12.6. The lowest BCUT2D eigenvalue weighted by Gasteiger charge is -2.13. The van der Waals surface area contributed by atoms with Crippen LogP contribution in [0, 0.1) is 0 Å². The van der Waals surface area contributed by atoms with Crippen LogP contribution in [0.1, 0.15) is 30.9 Å². The summed E-state index contributed by atoms with van der Waals surface area (Å²) in [5, 5.41) is 6.32. The molecule has 1 aliphatic heterocycles. The normalized spacial score (nSPS) is 18.2. The van der Waals surface area contributed by atoms with Crippen LogP contribution in [0.15, 0.2) is 29.3 Å². The van der Waals surface area contributed by atoms with E-state index in [1.807, 2.05) is 6.92 Å². The SMILES string of the molecule is CCNC(=NCc1ccc(C(F)(F)F)cc1)NCCCOC1CCOC1. The van der Waals surface area contributed by atoms with Gasteiger partial charge in [0.25, 0.3) is 0 Å². The second-order valence-electron chi connectivity index (χ2n) is 6.03. The number of hydrogen-bond donors (Lipinski definition) is 2. The van der Waals surface area contributed by atoms with Gasteiger partial charge in [0.15, 0.2) is 5.96 Å². The first-order valence-electron chi connectivity index (χ1n) is 8.86. The third kappa shape index (κ3) is 7.21. The fourth-order valence-electron chi connectivity index (χ4n) is 2.48. The summed E-state index contributed by atoms with van der Waals surface area (Å²) in [7, 11) is 0. The highest BCUT2D eigenvalue weighted by molar-refractivity contribution is 5.79. The average molecular weight is 373 g/mol. The first-order chi connectivity index (χ1) is 12.5.